The smallest absolute Gasteiger partial charge is 0.244 e. The molecule has 3 N–H and O–H groups in total. The lowest BCUT2D eigenvalue weighted by Crippen LogP contribution is -2.32. The van der Waals surface area contributed by atoms with Crippen molar-refractivity contribution in [2.24, 2.45) is 5.73 Å². The standard InChI is InChI=1S/C12H14BrN3O3S/c13-9-5-10-7(4-12(17)15-10)3-11(9)20(18,19)16-2-1-8(14)6-16/h3,5,8H,1-2,4,6,14H2,(H,15,17)/t8-/m0/s1. The van der Waals surface area contributed by atoms with Gasteiger partial charge in [0.15, 0.2) is 0 Å². The minimum atomic E-state index is -3.57. The molecule has 0 radical (unpaired) electrons. The Labute approximate surface area is 125 Å². The Bertz CT molecular complexity index is 689. The molecule has 20 heavy (non-hydrogen) atoms. The molecule has 1 aromatic carbocycles. The van der Waals surface area contributed by atoms with Crippen molar-refractivity contribution in [3.63, 3.8) is 0 Å². The van der Waals surface area contributed by atoms with Crippen molar-refractivity contribution >= 4 is 37.5 Å². The van der Waals surface area contributed by atoms with E-state index in [4.69, 9.17) is 5.73 Å². The van der Waals surface area contributed by atoms with E-state index in [1.54, 1.807) is 12.1 Å². The summed E-state index contributed by atoms with van der Waals surface area (Å²) in [6.45, 7) is 0.771. The molecule has 108 valence electrons. The second-order valence-electron chi connectivity index (χ2n) is 5.08. The summed E-state index contributed by atoms with van der Waals surface area (Å²) in [5.74, 6) is -0.121. The van der Waals surface area contributed by atoms with Crippen LogP contribution < -0.4 is 11.1 Å². The number of halogens is 1. The number of hydrogen-bond acceptors (Lipinski definition) is 4. The number of rotatable bonds is 2. The number of nitrogens with zero attached hydrogens (tertiary/aromatic N) is 1. The molecule has 0 bridgehead atoms. The van der Waals surface area contributed by atoms with Crippen molar-refractivity contribution in [1.82, 2.24) is 4.31 Å². The van der Waals surface area contributed by atoms with Crippen LogP contribution in [0.4, 0.5) is 5.69 Å². The first-order chi connectivity index (χ1) is 9.38. The van der Waals surface area contributed by atoms with Crippen LogP contribution in [0.2, 0.25) is 0 Å². The van der Waals surface area contributed by atoms with E-state index in [1.165, 1.54) is 4.31 Å². The first kappa shape index (κ1) is 14.0. The van der Waals surface area contributed by atoms with Crippen LogP contribution in [0.25, 0.3) is 0 Å². The Kier molecular flexibility index (Phi) is 3.36. The van der Waals surface area contributed by atoms with E-state index in [9.17, 15) is 13.2 Å². The fourth-order valence-electron chi connectivity index (χ4n) is 2.53. The average Bonchev–Trinajstić information content (AvgIpc) is 2.93. The summed E-state index contributed by atoms with van der Waals surface area (Å²) in [5, 5.41) is 2.70. The molecule has 8 heteroatoms. The molecule has 1 aromatic rings. The largest absolute Gasteiger partial charge is 0.326 e. The molecule has 0 aliphatic carbocycles. The lowest BCUT2D eigenvalue weighted by Gasteiger charge is -2.17. The highest BCUT2D eigenvalue weighted by Crippen LogP contribution is 2.34. The van der Waals surface area contributed by atoms with Gasteiger partial charge >= 0.3 is 0 Å². The van der Waals surface area contributed by atoms with Gasteiger partial charge in [-0.1, -0.05) is 0 Å². The van der Waals surface area contributed by atoms with Gasteiger partial charge < -0.3 is 11.1 Å². The normalized spacial score (nSPS) is 22.9. The number of benzene rings is 1. The highest BCUT2D eigenvalue weighted by atomic mass is 79.9. The summed E-state index contributed by atoms with van der Waals surface area (Å²) in [5.41, 5.74) is 7.15. The lowest BCUT2D eigenvalue weighted by atomic mass is 10.2. The third kappa shape index (κ3) is 2.26. The molecule has 0 aromatic heterocycles. The average molecular weight is 360 g/mol. The number of sulfonamides is 1. The van der Waals surface area contributed by atoms with Crippen molar-refractivity contribution in [2.75, 3.05) is 18.4 Å². The minimum Gasteiger partial charge on any atom is -0.326 e. The molecule has 2 aliphatic rings. The molecule has 2 aliphatic heterocycles. The summed E-state index contributed by atoms with van der Waals surface area (Å²) < 4.78 is 27.1. The van der Waals surface area contributed by atoms with E-state index >= 15 is 0 Å². The SMILES string of the molecule is N[C@H]1CCN(S(=O)(=O)c2cc3c(cc2Br)NC(=O)C3)C1. The summed E-state index contributed by atoms with van der Waals surface area (Å²) in [7, 11) is -3.57. The second-order valence-corrected chi connectivity index (χ2v) is 7.84. The maximum atomic E-state index is 12.6. The molecule has 6 nitrogen and oxygen atoms in total. The molecule has 0 unspecified atom stereocenters. The second kappa shape index (κ2) is 4.80. The lowest BCUT2D eigenvalue weighted by molar-refractivity contribution is -0.115. The number of amides is 1. The van der Waals surface area contributed by atoms with Crippen LogP contribution in [0.1, 0.15) is 12.0 Å². The first-order valence-corrected chi connectivity index (χ1v) is 8.49. The zero-order valence-corrected chi connectivity index (χ0v) is 13.0. The predicted octanol–water partition coefficient (Wildman–Crippen LogP) is 0.665. The maximum Gasteiger partial charge on any atom is 0.244 e. The number of hydrogen-bond donors (Lipinski definition) is 2. The number of fused-ring (bicyclic) bond motifs is 1. The Morgan fingerprint density at radius 2 is 2.15 bits per heavy atom. The minimum absolute atomic E-state index is 0.110. The molecule has 0 saturated carbocycles. The molecule has 3 rings (SSSR count). The number of nitrogens with two attached hydrogens (primary N) is 1. The van der Waals surface area contributed by atoms with Crippen LogP contribution in [0.5, 0.6) is 0 Å². The van der Waals surface area contributed by atoms with Gasteiger partial charge in [0.1, 0.15) is 0 Å². The van der Waals surface area contributed by atoms with Gasteiger partial charge in [-0.15, -0.1) is 0 Å². The fraction of sp³-hybridized carbons (Fsp3) is 0.417. The van der Waals surface area contributed by atoms with Gasteiger partial charge in [-0.2, -0.15) is 4.31 Å². The van der Waals surface area contributed by atoms with Gasteiger partial charge in [0.25, 0.3) is 0 Å². The number of carbonyl (C=O) groups excluding carboxylic acids is 1. The van der Waals surface area contributed by atoms with Crippen molar-refractivity contribution in [3.8, 4) is 0 Å². The van der Waals surface area contributed by atoms with Gasteiger partial charge in [-0.25, -0.2) is 8.42 Å². The van der Waals surface area contributed by atoms with E-state index in [2.05, 4.69) is 21.2 Å². The monoisotopic (exact) mass is 359 g/mol. The quantitative estimate of drug-likeness (QED) is 0.811. The highest BCUT2D eigenvalue weighted by molar-refractivity contribution is 9.10. The molecular weight excluding hydrogens is 346 g/mol. The molecule has 1 atom stereocenters. The molecular formula is C12H14BrN3O3S. The van der Waals surface area contributed by atoms with Crippen molar-refractivity contribution in [2.45, 2.75) is 23.8 Å². The van der Waals surface area contributed by atoms with E-state index in [1.807, 2.05) is 0 Å². The van der Waals surface area contributed by atoms with E-state index in [-0.39, 0.29) is 23.3 Å². The first-order valence-electron chi connectivity index (χ1n) is 6.26. The molecule has 0 spiro atoms. The Balaban J connectivity index is 2.02. The van der Waals surface area contributed by atoms with E-state index in [0.29, 0.717) is 35.2 Å². The zero-order valence-electron chi connectivity index (χ0n) is 10.6. The van der Waals surface area contributed by atoms with Crippen LogP contribution in [-0.2, 0) is 21.2 Å². The number of carbonyl (C=O) groups is 1. The van der Waals surface area contributed by atoms with E-state index < -0.39 is 10.0 Å². The Morgan fingerprint density at radius 3 is 2.80 bits per heavy atom. The Morgan fingerprint density at radius 1 is 1.40 bits per heavy atom. The van der Waals surface area contributed by atoms with Gasteiger partial charge in [-0.05, 0) is 40.0 Å². The topological polar surface area (TPSA) is 92.5 Å². The third-order valence-electron chi connectivity index (χ3n) is 3.59. The van der Waals surface area contributed by atoms with Crippen LogP contribution in [0.15, 0.2) is 21.5 Å². The van der Waals surface area contributed by atoms with Crippen LogP contribution in [0, 0.1) is 0 Å². The fourth-order valence-corrected chi connectivity index (χ4v) is 5.10. The van der Waals surface area contributed by atoms with E-state index in [0.717, 1.165) is 0 Å². The van der Waals surface area contributed by atoms with Crippen molar-refractivity contribution in [1.29, 1.82) is 0 Å². The number of nitrogens with one attached hydrogen (secondary N) is 1. The van der Waals surface area contributed by atoms with Crippen LogP contribution in [-0.4, -0.2) is 37.8 Å². The summed E-state index contributed by atoms with van der Waals surface area (Å²) in [4.78, 5) is 11.6. The predicted molar refractivity (Wildman–Crippen MR) is 77.8 cm³/mol. The molecule has 1 fully saturated rings. The molecule has 1 amide bonds. The summed E-state index contributed by atoms with van der Waals surface area (Å²) in [6, 6.07) is 3.10. The van der Waals surface area contributed by atoms with Gasteiger partial charge in [-0.3, -0.25) is 4.79 Å². The Hall–Kier alpha value is -0.960. The maximum absolute atomic E-state index is 12.6. The summed E-state index contributed by atoms with van der Waals surface area (Å²) in [6.07, 6.45) is 0.881. The highest BCUT2D eigenvalue weighted by Gasteiger charge is 2.33. The summed E-state index contributed by atoms with van der Waals surface area (Å²) >= 11 is 3.28. The van der Waals surface area contributed by atoms with Crippen molar-refractivity contribution in [3.05, 3.63) is 22.2 Å². The molecule has 1 saturated heterocycles. The van der Waals surface area contributed by atoms with Gasteiger partial charge in [0, 0.05) is 29.3 Å². The van der Waals surface area contributed by atoms with Crippen LogP contribution in [0.3, 0.4) is 0 Å². The van der Waals surface area contributed by atoms with Crippen molar-refractivity contribution < 1.29 is 13.2 Å². The third-order valence-corrected chi connectivity index (χ3v) is 6.41. The van der Waals surface area contributed by atoms with Gasteiger partial charge in [0.05, 0.1) is 11.3 Å². The molecule has 2 heterocycles. The zero-order chi connectivity index (χ0) is 14.5. The van der Waals surface area contributed by atoms with Gasteiger partial charge in [0.2, 0.25) is 15.9 Å². The van der Waals surface area contributed by atoms with Crippen LogP contribution >= 0.6 is 15.9 Å². The number of anilines is 1.